The zero-order valence-electron chi connectivity index (χ0n) is 10.4. The average molecular weight is 229 g/mol. The summed E-state index contributed by atoms with van der Waals surface area (Å²) in [6.45, 7) is 10.6. The fourth-order valence-electron chi connectivity index (χ4n) is 1.70. The molecular formula is C12H23NOS. The van der Waals surface area contributed by atoms with Gasteiger partial charge in [-0.05, 0) is 24.5 Å². The monoisotopic (exact) mass is 229 g/mol. The highest BCUT2D eigenvalue weighted by atomic mass is 32.2. The first kappa shape index (κ1) is 12.9. The topological polar surface area (TPSA) is 20.3 Å². The Labute approximate surface area is 97.8 Å². The first-order valence-electron chi connectivity index (χ1n) is 5.82. The van der Waals surface area contributed by atoms with E-state index in [0.717, 1.165) is 25.3 Å². The van der Waals surface area contributed by atoms with Gasteiger partial charge in [0.2, 0.25) is 5.91 Å². The van der Waals surface area contributed by atoms with Crippen LogP contribution in [-0.4, -0.2) is 34.9 Å². The van der Waals surface area contributed by atoms with Gasteiger partial charge in [0.1, 0.15) is 0 Å². The first-order valence-corrected chi connectivity index (χ1v) is 6.86. The maximum atomic E-state index is 11.7. The predicted octanol–water partition coefficient (Wildman–Crippen LogP) is 2.78. The number of piperidine rings is 1. The van der Waals surface area contributed by atoms with Crippen LogP contribution in [0.5, 0.6) is 0 Å². The molecule has 0 bridgehead atoms. The van der Waals surface area contributed by atoms with Gasteiger partial charge in [-0.3, -0.25) is 4.79 Å². The largest absolute Gasteiger partial charge is 0.343 e. The molecule has 1 aliphatic rings. The Bertz CT molecular complexity index is 222. The standard InChI is InChI=1S/C12H23NOS/c1-5-13-7-6-10(8-11(13)14)15-9-12(2,3)4/h10H,5-9H2,1-4H3. The number of carbonyl (C=O) groups excluding carboxylic acids is 1. The summed E-state index contributed by atoms with van der Waals surface area (Å²) in [5.74, 6) is 1.49. The lowest BCUT2D eigenvalue weighted by Crippen LogP contribution is -2.39. The van der Waals surface area contributed by atoms with Gasteiger partial charge in [-0.1, -0.05) is 20.8 Å². The Kier molecular flexibility index (Phi) is 4.50. The normalized spacial score (nSPS) is 23.3. The van der Waals surface area contributed by atoms with E-state index in [-0.39, 0.29) is 0 Å². The van der Waals surface area contributed by atoms with Crippen LogP contribution >= 0.6 is 11.8 Å². The summed E-state index contributed by atoms with van der Waals surface area (Å²) < 4.78 is 0. The minimum absolute atomic E-state index is 0.343. The van der Waals surface area contributed by atoms with Gasteiger partial charge in [-0.15, -0.1) is 0 Å². The molecule has 0 aromatic carbocycles. The molecule has 0 radical (unpaired) electrons. The molecule has 1 amide bonds. The van der Waals surface area contributed by atoms with Crippen molar-refractivity contribution in [2.45, 2.75) is 45.8 Å². The fourth-order valence-corrected chi connectivity index (χ4v) is 2.96. The minimum Gasteiger partial charge on any atom is -0.343 e. The maximum absolute atomic E-state index is 11.7. The molecule has 0 aromatic heterocycles. The number of amides is 1. The van der Waals surface area contributed by atoms with E-state index in [2.05, 4.69) is 27.7 Å². The number of hydrogen-bond acceptors (Lipinski definition) is 2. The lowest BCUT2D eigenvalue weighted by Gasteiger charge is -2.31. The molecule has 15 heavy (non-hydrogen) atoms. The Morgan fingerprint density at radius 1 is 1.47 bits per heavy atom. The summed E-state index contributed by atoms with van der Waals surface area (Å²) in [6, 6.07) is 0. The summed E-state index contributed by atoms with van der Waals surface area (Å²) in [4.78, 5) is 13.6. The maximum Gasteiger partial charge on any atom is 0.223 e. The highest BCUT2D eigenvalue weighted by molar-refractivity contribution is 7.99. The molecule has 1 atom stereocenters. The van der Waals surface area contributed by atoms with Crippen LogP contribution < -0.4 is 0 Å². The number of carbonyl (C=O) groups is 1. The Hall–Kier alpha value is -0.180. The van der Waals surface area contributed by atoms with Crippen LogP contribution in [0.1, 0.15) is 40.5 Å². The molecule has 1 fully saturated rings. The molecule has 1 unspecified atom stereocenters. The Balaban J connectivity index is 2.32. The smallest absolute Gasteiger partial charge is 0.223 e. The molecular weight excluding hydrogens is 206 g/mol. The fraction of sp³-hybridized carbons (Fsp3) is 0.917. The second-order valence-electron chi connectivity index (χ2n) is 5.46. The van der Waals surface area contributed by atoms with E-state index in [1.165, 1.54) is 6.42 Å². The molecule has 0 saturated carbocycles. The lowest BCUT2D eigenvalue weighted by molar-refractivity contribution is -0.132. The summed E-state index contributed by atoms with van der Waals surface area (Å²) >= 11 is 1.97. The van der Waals surface area contributed by atoms with Gasteiger partial charge in [0.05, 0.1) is 0 Å². The zero-order valence-corrected chi connectivity index (χ0v) is 11.2. The molecule has 0 N–H and O–H groups in total. The first-order chi connectivity index (χ1) is 6.92. The number of likely N-dealkylation sites (tertiary alicyclic amines) is 1. The molecule has 0 spiro atoms. The van der Waals surface area contributed by atoms with Crippen LogP contribution in [0, 0.1) is 5.41 Å². The van der Waals surface area contributed by atoms with E-state index < -0.39 is 0 Å². The van der Waals surface area contributed by atoms with E-state index in [4.69, 9.17) is 0 Å². The molecule has 1 rings (SSSR count). The summed E-state index contributed by atoms with van der Waals surface area (Å²) in [7, 11) is 0. The zero-order chi connectivity index (χ0) is 11.5. The Morgan fingerprint density at radius 2 is 2.13 bits per heavy atom. The number of nitrogens with zero attached hydrogens (tertiary/aromatic N) is 1. The van der Waals surface area contributed by atoms with Crippen molar-refractivity contribution in [2.24, 2.45) is 5.41 Å². The third-order valence-corrected chi connectivity index (χ3v) is 4.52. The van der Waals surface area contributed by atoms with Gasteiger partial charge in [0.25, 0.3) is 0 Å². The van der Waals surface area contributed by atoms with Crippen molar-refractivity contribution < 1.29 is 4.79 Å². The van der Waals surface area contributed by atoms with Gasteiger partial charge < -0.3 is 4.90 Å². The van der Waals surface area contributed by atoms with Crippen molar-refractivity contribution in [3.63, 3.8) is 0 Å². The SMILES string of the molecule is CCN1CCC(SCC(C)(C)C)CC1=O. The highest BCUT2D eigenvalue weighted by Gasteiger charge is 2.26. The third kappa shape index (κ3) is 4.45. The van der Waals surface area contributed by atoms with Crippen molar-refractivity contribution in [1.29, 1.82) is 0 Å². The number of hydrogen-bond donors (Lipinski definition) is 0. The van der Waals surface area contributed by atoms with Crippen molar-refractivity contribution >= 4 is 17.7 Å². The lowest BCUT2D eigenvalue weighted by atomic mass is 10.0. The van der Waals surface area contributed by atoms with Crippen LogP contribution in [0.2, 0.25) is 0 Å². The molecule has 0 aliphatic carbocycles. The second-order valence-corrected chi connectivity index (χ2v) is 6.75. The van der Waals surface area contributed by atoms with Gasteiger partial charge >= 0.3 is 0 Å². The molecule has 0 aromatic rings. The third-order valence-electron chi connectivity index (χ3n) is 2.61. The van der Waals surface area contributed by atoms with Crippen LogP contribution in [0.15, 0.2) is 0 Å². The van der Waals surface area contributed by atoms with E-state index in [0.29, 0.717) is 16.6 Å². The molecule has 1 aliphatic heterocycles. The summed E-state index contributed by atoms with van der Waals surface area (Å²) in [5.41, 5.74) is 0.371. The van der Waals surface area contributed by atoms with Crippen molar-refractivity contribution in [3.8, 4) is 0 Å². The average Bonchev–Trinajstić information content (AvgIpc) is 2.14. The van der Waals surface area contributed by atoms with E-state index in [1.54, 1.807) is 0 Å². The molecule has 1 saturated heterocycles. The van der Waals surface area contributed by atoms with Crippen LogP contribution in [0.25, 0.3) is 0 Å². The van der Waals surface area contributed by atoms with Gasteiger partial charge in [0, 0.05) is 24.8 Å². The van der Waals surface area contributed by atoms with Crippen LogP contribution in [-0.2, 0) is 4.79 Å². The predicted molar refractivity (Wildman–Crippen MR) is 67.2 cm³/mol. The number of rotatable bonds is 3. The van der Waals surface area contributed by atoms with Crippen LogP contribution in [0.4, 0.5) is 0 Å². The molecule has 3 heteroatoms. The van der Waals surface area contributed by atoms with Crippen molar-refractivity contribution in [1.82, 2.24) is 4.90 Å². The summed E-state index contributed by atoms with van der Waals surface area (Å²) in [6.07, 6.45) is 1.91. The van der Waals surface area contributed by atoms with E-state index in [9.17, 15) is 4.79 Å². The second kappa shape index (κ2) is 5.24. The van der Waals surface area contributed by atoms with Gasteiger partial charge in [-0.2, -0.15) is 11.8 Å². The van der Waals surface area contributed by atoms with E-state index >= 15 is 0 Å². The van der Waals surface area contributed by atoms with E-state index in [1.807, 2.05) is 16.7 Å². The molecule has 1 heterocycles. The highest BCUT2D eigenvalue weighted by Crippen LogP contribution is 2.29. The quantitative estimate of drug-likeness (QED) is 0.741. The minimum atomic E-state index is 0.343. The van der Waals surface area contributed by atoms with Crippen molar-refractivity contribution in [3.05, 3.63) is 0 Å². The molecule has 88 valence electrons. The number of thioether (sulfide) groups is 1. The molecule has 2 nitrogen and oxygen atoms in total. The van der Waals surface area contributed by atoms with Crippen molar-refractivity contribution in [2.75, 3.05) is 18.8 Å². The van der Waals surface area contributed by atoms with Gasteiger partial charge in [0.15, 0.2) is 0 Å². The van der Waals surface area contributed by atoms with Gasteiger partial charge in [-0.25, -0.2) is 0 Å². The summed E-state index contributed by atoms with van der Waals surface area (Å²) in [5, 5.41) is 0.555. The van der Waals surface area contributed by atoms with Crippen LogP contribution in [0.3, 0.4) is 0 Å². The Morgan fingerprint density at radius 3 is 2.60 bits per heavy atom.